The van der Waals surface area contributed by atoms with E-state index in [2.05, 4.69) is 41.7 Å². The van der Waals surface area contributed by atoms with Crippen LogP contribution < -0.4 is 42.5 Å². The van der Waals surface area contributed by atoms with Gasteiger partial charge in [0.25, 0.3) is 0 Å². The van der Waals surface area contributed by atoms with Crippen LogP contribution >= 0.6 is 0 Å². The van der Waals surface area contributed by atoms with E-state index in [4.69, 9.17) is 0 Å². The zero-order valence-electron chi connectivity index (χ0n) is 31.8. The number of sulfone groups is 1. The third kappa shape index (κ3) is 9.85. The Hall–Kier alpha value is -2.23. The van der Waals surface area contributed by atoms with E-state index < -0.39 is 92.4 Å². The Morgan fingerprint density at radius 3 is 2.16 bits per heavy atom. The summed E-state index contributed by atoms with van der Waals surface area (Å²) in [4.78, 5) is 70.1. The molecule has 3 aliphatic carbocycles. The predicted molar refractivity (Wildman–Crippen MR) is 193 cm³/mol. The van der Waals surface area contributed by atoms with Crippen molar-refractivity contribution >= 4 is 39.4 Å². The minimum absolute atomic E-state index is 0.0642. The van der Waals surface area contributed by atoms with Crippen LogP contribution in [0, 0.1) is 28.6 Å². The number of nitrogens with one attached hydrogen (secondary N) is 4. The first-order valence-electron chi connectivity index (χ1n) is 18.5. The maximum absolute atomic E-state index is 14.5. The Morgan fingerprint density at radius 2 is 1.61 bits per heavy atom. The molecule has 1 saturated heterocycles. The number of Topliss-reactive ketones (excluding diaryl/α,β-unsaturated/α-hetero) is 1. The van der Waals surface area contributed by atoms with E-state index in [0.717, 1.165) is 30.1 Å². The molecule has 0 aromatic carbocycles. The first kappa shape index (κ1) is 41.5. The molecule has 12 nitrogen and oxygen atoms in total. The summed E-state index contributed by atoms with van der Waals surface area (Å²) in [5.41, 5.74) is -1.91. The van der Waals surface area contributed by atoms with Crippen LogP contribution in [0.2, 0.25) is 0 Å². The standard InChI is InChI=1S/C37H61IN5O7S/c1-10-20-39-31(46)27(44)29(38-19-16-23-14-15-23)41-30(45)26-25-24(36(25,8)9)21-43(26)32(47)28(34(2,3)4)40-33(48)42-37(17-12-11-13-18-37)22-51(49,50)35(5,6)7/h10,23-26,28-29H,1,11-22H2,2-9H3,(H,39,46)(H,41,45)(H2,40,42,48)/q-1/t24?,25?,26-,28+,29?/m0/s1. The zero-order chi connectivity index (χ0) is 38.2. The van der Waals surface area contributed by atoms with E-state index in [1.807, 2.05) is 20.8 Å². The number of alkyl halides is 2. The van der Waals surface area contributed by atoms with Crippen molar-refractivity contribution in [1.29, 1.82) is 0 Å². The molecule has 4 aliphatic rings. The second-order valence-corrected chi connectivity index (χ2v) is 23.8. The number of ketones is 1. The van der Waals surface area contributed by atoms with Crippen molar-refractivity contribution < 1.29 is 53.6 Å². The second-order valence-electron chi connectivity index (χ2n) is 17.8. The van der Waals surface area contributed by atoms with E-state index in [-0.39, 0.29) is 29.5 Å². The molecule has 5 atom stereocenters. The Labute approximate surface area is 315 Å². The summed E-state index contributed by atoms with van der Waals surface area (Å²) in [5.74, 6) is -1.90. The van der Waals surface area contributed by atoms with Crippen molar-refractivity contribution in [3.8, 4) is 0 Å². The molecule has 0 bridgehead atoms. The van der Waals surface area contributed by atoms with Crippen LogP contribution in [0.25, 0.3) is 0 Å². The molecule has 0 aromatic rings. The molecule has 4 N–H and O–H groups in total. The van der Waals surface area contributed by atoms with Gasteiger partial charge in [-0.25, -0.2) is 8.42 Å². The third-order valence-electron chi connectivity index (χ3n) is 11.3. The number of carbonyl (C=O) groups excluding carboxylic acids is 5. The quantitative estimate of drug-likeness (QED) is 0.0605. The van der Waals surface area contributed by atoms with Gasteiger partial charge in [-0.3, -0.25) is 0 Å². The number of hydrogen-bond acceptors (Lipinski definition) is 7. The Balaban J connectivity index is 1.54. The number of carbonyl (C=O) groups is 5. The van der Waals surface area contributed by atoms with Crippen molar-refractivity contribution in [1.82, 2.24) is 26.2 Å². The molecular weight excluding hydrogens is 785 g/mol. The van der Waals surface area contributed by atoms with Gasteiger partial charge in [0.1, 0.15) is 0 Å². The number of urea groups is 1. The number of halogens is 1. The maximum atomic E-state index is 14.5. The predicted octanol–water partition coefficient (Wildman–Crippen LogP) is 0.302. The van der Waals surface area contributed by atoms with Gasteiger partial charge in [0.05, 0.1) is 4.75 Å². The number of rotatable bonds is 15. The Bertz CT molecular complexity index is 1470. The molecule has 0 spiro atoms. The number of piperidine rings is 1. The molecule has 3 saturated carbocycles. The molecule has 0 aromatic heterocycles. The van der Waals surface area contributed by atoms with Crippen molar-refractivity contribution in [2.24, 2.45) is 28.6 Å². The van der Waals surface area contributed by atoms with Gasteiger partial charge in [0, 0.05) is 0 Å². The number of amides is 5. The first-order chi connectivity index (χ1) is 23.5. The Kier molecular flexibility index (Phi) is 12.7. The van der Waals surface area contributed by atoms with Gasteiger partial charge in [0.2, 0.25) is 0 Å². The van der Waals surface area contributed by atoms with Crippen molar-refractivity contribution in [3.05, 3.63) is 12.7 Å². The number of likely N-dealkylation sites (tertiary alicyclic amines) is 1. The number of nitrogens with zero attached hydrogens (tertiary/aromatic N) is 1. The third-order valence-corrected chi connectivity index (χ3v) is 17.1. The normalized spacial score (nSPS) is 25.2. The first-order valence-corrected chi connectivity index (χ1v) is 22.9. The zero-order valence-corrected chi connectivity index (χ0v) is 34.8. The van der Waals surface area contributed by atoms with Gasteiger partial charge in [-0.15, -0.1) is 0 Å². The molecule has 4 fully saturated rings. The van der Waals surface area contributed by atoms with Crippen LogP contribution in [0.5, 0.6) is 0 Å². The van der Waals surface area contributed by atoms with Gasteiger partial charge >= 0.3 is 254 Å². The van der Waals surface area contributed by atoms with Crippen molar-refractivity contribution in [2.45, 2.75) is 133 Å². The summed E-state index contributed by atoms with van der Waals surface area (Å²) in [6.07, 6.45) is 8.36. The van der Waals surface area contributed by atoms with E-state index in [1.54, 1.807) is 25.7 Å². The summed E-state index contributed by atoms with van der Waals surface area (Å²) in [7, 11) is -3.56. The van der Waals surface area contributed by atoms with Crippen molar-refractivity contribution in [3.63, 3.8) is 0 Å². The summed E-state index contributed by atoms with van der Waals surface area (Å²) >= 11 is -0.885. The average Bonchev–Trinajstić information content (AvgIpc) is 3.88. The molecule has 1 heterocycles. The molecular formula is C37H61IN5O7S-. The fraction of sp³-hybridized carbons (Fsp3) is 0.811. The van der Waals surface area contributed by atoms with E-state index in [0.29, 0.717) is 25.3 Å². The summed E-state index contributed by atoms with van der Waals surface area (Å²) < 4.78 is 25.6. The fourth-order valence-corrected chi connectivity index (χ4v) is 12.2. The molecule has 51 heavy (non-hydrogen) atoms. The average molecular weight is 847 g/mol. The van der Waals surface area contributed by atoms with E-state index >= 15 is 0 Å². The summed E-state index contributed by atoms with van der Waals surface area (Å²) in [6.45, 7) is 18.7. The molecule has 4 rings (SSSR count). The fourth-order valence-electron chi connectivity index (χ4n) is 7.63. The SMILES string of the molecule is C=CCNC(=O)C(=O)C(NC(=O)[C@@H]1C2C(CN1C(=O)[C@@H](NC(=O)NC1(CS(=O)(=O)C(C)(C)C)CCCCC1)C(C)(C)C)C2(C)C)[I-]CCC1CC1. The van der Waals surface area contributed by atoms with Crippen LogP contribution in [0.3, 0.4) is 0 Å². The molecule has 0 radical (unpaired) electrons. The van der Waals surface area contributed by atoms with Crippen molar-refractivity contribution in [2.75, 3.05) is 23.3 Å². The Morgan fingerprint density at radius 1 is 0.980 bits per heavy atom. The molecule has 1 aliphatic heterocycles. The topological polar surface area (TPSA) is 171 Å². The van der Waals surface area contributed by atoms with Crippen LogP contribution in [0.15, 0.2) is 12.7 Å². The molecule has 290 valence electrons. The summed E-state index contributed by atoms with van der Waals surface area (Å²) in [6, 6.07) is -2.51. The van der Waals surface area contributed by atoms with Crippen LogP contribution in [-0.2, 0) is 29.0 Å². The van der Waals surface area contributed by atoms with Gasteiger partial charge in [0.15, 0.2) is 9.84 Å². The second kappa shape index (κ2) is 15.6. The van der Waals surface area contributed by atoms with Gasteiger partial charge in [-0.2, -0.15) is 0 Å². The summed E-state index contributed by atoms with van der Waals surface area (Å²) in [5, 5.41) is 11.4. The molecule has 14 heteroatoms. The molecule has 3 unspecified atom stereocenters. The van der Waals surface area contributed by atoms with Gasteiger partial charge in [-0.1, -0.05) is 19.3 Å². The monoisotopic (exact) mass is 846 g/mol. The van der Waals surface area contributed by atoms with E-state index in [9.17, 15) is 32.4 Å². The number of fused-ring (bicyclic) bond motifs is 1. The van der Waals surface area contributed by atoms with E-state index in [1.165, 1.54) is 18.9 Å². The van der Waals surface area contributed by atoms with Crippen LogP contribution in [-0.4, -0.2) is 92.5 Å². The van der Waals surface area contributed by atoms with Gasteiger partial charge < -0.3 is 0 Å². The van der Waals surface area contributed by atoms with Crippen LogP contribution in [0.1, 0.15) is 107 Å². The minimum atomic E-state index is -3.56. The number of hydrogen-bond donors (Lipinski definition) is 4. The van der Waals surface area contributed by atoms with Gasteiger partial charge in [-0.05, 0) is 20.8 Å². The molecule has 5 amide bonds. The van der Waals surface area contributed by atoms with Crippen LogP contribution in [0.4, 0.5) is 4.79 Å².